The second-order valence-corrected chi connectivity index (χ2v) is 5.41. The number of carbonyl (C=O) groups excluding carboxylic acids is 1. The molecule has 2 heterocycles. The molecule has 2 amide bonds. The molecule has 0 aromatic carbocycles. The molecule has 1 aliphatic heterocycles. The molecular weight excluding hydrogens is 252 g/mol. The molecule has 1 aromatic rings. The molecule has 1 saturated heterocycles. The predicted octanol–water partition coefficient (Wildman–Crippen LogP) is 2.09. The summed E-state index contributed by atoms with van der Waals surface area (Å²) in [7, 11) is 1.83. The molecule has 3 rings (SSSR count). The second-order valence-electron chi connectivity index (χ2n) is 5.07. The Hall–Kier alpha value is -1.36. The summed E-state index contributed by atoms with van der Waals surface area (Å²) in [5.41, 5.74) is 0.780. The van der Waals surface area contributed by atoms with Gasteiger partial charge in [0.25, 0.3) is 0 Å². The van der Waals surface area contributed by atoms with Gasteiger partial charge < -0.3 is 4.90 Å². The van der Waals surface area contributed by atoms with Crippen LogP contribution in [0.25, 0.3) is 0 Å². The Bertz CT molecular complexity index is 483. The standard InChI is InChI=1S/C12H15ClN4O/c1-7-5-10(15-11(13)14-7)17-9(8-3-4-8)6-16(2)12(17)18/h5,8-9H,3-4,6H2,1-2H3. The lowest BCUT2D eigenvalue weighted by molar-refractivity contribution is 0.229. The Kier molecular flexibility index (Phi) is 2.66. The maximum absolute atomic E-state index is 12.2. The quantitative estimate of drug-likeness (QED) is 0.770. The van der Waals surface area contributed by atoms with Crippen LogP contribution in [0.3, 0.4) is 0 Å². The van der Waals surface area contributed by atoms with Gasteiger partial charge in [0, 0.05) is 25.4 Å². The number of aromatic nitrogens is 2. The van der Waals surface area contributed by atoms with Gasteiger partial charge in [0.15, 0.2) is 0 Å². The smallest absolute Gasteiger partial charge is 0.325 e. The van der Waals surface area contributed by atoms with Crippen molar-refractivity contribution in [2.75, 3.05) is 18.5 Å². The average Bonchev–Trinajstić information content (AvgIpc) is 3.06. The zero-order chi connectivity index (χ0) is 12.9. The molecule has 6 heteroatoms. The fourth-order valence-electron chi connectivity index (χ4n) is 2.51. The van der Waals surface area contributed by atoms with E-state index in [-0.39, 0.29) is 17.4 Å². The maximum Gasteiger partial charge on any atom is 0.325 e. The van der Waals surface area contributed by atoms with Gasteiger partial charge in [0.1, 0.15) is 5.82 Å². The number of halogens is 1. The van der Waals surface area contributed by atoms with Crippen molar-refractivity contribution in [2.24, 2.45) is 5.92 Å². The van der Waals surface area contributed by atoms with Crippen molar-refractivity contribution in [1.82, 2.24) is 14.9 Å². The summed E-state index contributed by atoms with van der Waals surface area (Å²) in [5, 5.41) is 0.196. The third-order valence-electron chi connectivity index (χ3n) is 3.55. The van der Waals surface area contributed by atoms with Crippen LogP contribution in [-0.4, -0.2) is 40.5 Å². The topological polar surface area (TPSA) is 49.3 Å². The van der Waals surface area contributed by atoms with Crippen LogP contribution in [0.2, 0.25) is 5.28 Å². The number of anilines is 1. The van der Waals surface area contributed by atoms with Gasteiger partial charge in [0.2, 0.25) is 5.28 Å². The van der Waals surface area contributed by atoms with Crippen LogP contribution < -0.4 is 4.90 Å². The number of aryl methyl sites for hydroxylation is 1. The molecule has 1 aliphatic carbocycles. The van der Waals surface area contributed by atoms with E-state index < -0.39 is 0 Å². The number of likely N-dealkylation sites (N-methyl/N-ethyl adjacent to an activating group) is 1. The first-order valence-electron chi connectivity index (χ1n) is 6.12. The van der Waals surface area contributed by atoms with Gasteiger partial charge in [-0.2, -0.15) is 0 Å². The Morgan fingerprint density at radius 1 is 1.39 bits per heavy atom. The molecule has 0 N–H and O–H groups in total. The fourth-order valence-corrected chi connectivity index (χ4v) is 2.73. The van der Waals surface area contributed by atoms with Crippen molar-refractivity contribution in [2.45, 2.75) is 25.8 Å². The molecule has 0 spiro atoms. The van der Waals surface area contributed by atoms with Gasteiger partial charge >= 0.3 is 6.03 Å². The SMILES string of the molecule is Cc1cc(N2C(=O)N(C)CC2C2CC2)nc(Cl)n1. The summed E-state index contributed by atoms with van der Waals surface area (Å²) in [6.45, 7) is 2.62. The highest BCUT2D eigenvalue weighted by Crippen LogP contribution is 2.40. The van der Waals surface area contributed by atoms with Gasteiger partial charge in [-0.25, -0.2) is 14.8 Å². The van der Waals surface area contributed by atoms with Gasteiger partial charge in [0.05, 0.1) is 6.04 Å². The predicted molar refractivity (Wildman–Crippen MR) is 68.8 cm³/mol. The first-order valence-corrected chi connectivity index (χ1v) is 6.49. The molecule has 5 nitrogen and oxygen atoms in total. The van der Waals surface area contributed by atoms with Crippen molar-refractivity contribution in [3.63, 3.8) is 0 Å². The summed E-state index contributed by atoms with van der Waals surface area (Å²) >= 11 is 5.88. The van der Waals surface area contributed by atoms with E-state index >= 15 is 0 Å². The molecule has 18 heavy (non-hydrogen) atoms. The minimum Gasteiger partial charge on any atom is -0.325 e. The van der Waals surface area contributed by atoms with Crippen molar-refractivity contribution >= 4 is 23.4 Å². The third kappa shape index (κ3) is 1.92. The normalized spacial score (nSPS) is 23.9. The Labute approximate surface area is 111 Å². The number of carbonyl (C=O) groups is 1. The van der Waals surface area contributed by atoms with Crippen LogP contribution in [0.5, 0.6) is 0 Å². The largest absolute Gasteiger partial charge is 0.325 e. The fraction of sp³-hybridized carbons (Fsp3) is 0.583. The number of amides is 2. The van der Waals surface area contributed by atoms with Crippen LogP contribution in [-0.2, 0) is 0 Å². The minimum absolute atomic E-state index is 0.000988. The molecule has 1 saturated carbocycles. The van der Waals surface area contributed by atoms with E-state index in [1.165, 1.54) is 12.8 Å². The molecular formula is C12H15ClN4O. The monoisotopic (exact) mass is 266 g/mol. The van der Waals surface area contributed by atoms with Gasteiger partial charge in [-0.1, -0.05) is 0 Å². The van der Waals surface area contributed by atoms with E-state index in [9.17, 15) is 4.79 Å². The van der Waals surface area contributed by atoms with E-state index in [1.54, 1.807) is 9.80 Å². The molecule has 1 atom stereocenters. The first kappa shape index (κ1) is 11.7. The highest BCUT2D eigenvalue weighted by Gasteiger charge is 2.45. The summed E-state index contributed by atoms with van der Waals surface area (Å²) in [6.07, 6.45) is 2.39. The lowest BCUT2D eigenvalue weighted by atomic mass is 10.2. The number of urea groups is 1. The highest BCUT2D eigenvalue weighted by molar-refractivity contribution is 6.28. The van der Waals surface area contributed by atoms with Crippen LogP contribution in [0, 0.1) is 12.8 Å². The zero-order valence-electron chi connectivity index (χ0n) is 10.4. The van der Waals surface area contributed by atoms with E-state index in [0.29, 0.717) is 11.7 Å². The lowest BCUT2D eigenvalue weighted by Gasteiger charge is -2.22. The summed E-state index contributed by atoms with van der Waals surface area (Å²) in [6, 6.07) is 2.05. The Morgan fingerprint density at radius 3 is 2.72 bits per heavy atom. The number of hydrogen-bond donors (Lipinski definition) is 0. The molecule has 1 aromatic heterocycles. The molecule has 2 fully saturated rings. The van der Waals surface area contributed by atoms with E-state index in [2.05, 4.69) is 9.97 Å². The minimum atomic E-state index is 0.000988. The maximum atomic E-state index is 12.2. The average molecular weight is 267 g/mol. The summed E-state index contributed by atoms with van der Waals surface area (Å²) in [5.74, 6) is 1.23. The van der Waals surface area contributed by atoms with E-state index in [4.69, 9.17) is 11.6 Å². The first-order chi connectivity index (χ1) is 8.56. The highest BCUT2D eigenvalue weighted by atomic mass is 35.5. The third-order valence-corrected chi connectivity index (χ3v) is 3.72. The van der Waals surface area contributed by atoms with Crippen molar-refractivity contribution in [3.05, 3.63) is 17.0 Å². The molecule has 0 bridgehead atoms. The Morgan fingerprint density at radius 2 is 2.11 bits per heavy atom. The van der Waals surface area contributed by atoms with Crippen LogP contribution in [0.1, 0.15) is 18.5 Å². The van der Waals surface area contributed by atoms with Gasteiger partial charge in [-0.05, 0) is 37.3 Å². The molecule has 1 unspecified atom stereocenters. The molecule has 2 aliphatic rings. The van der Waals surface area contributed by atoms with Crippen LogP contribution in [0.4, 0.5) is 10.6 Å². The Balaban J connectivity index is 1.99. The van der Waals surface area contributed by atoms with Gasteiger partial charge in [-0.3, -0.25) is 4.90 Å². The zero-order valence-corrected chi connectivity index (χ0v) is 11.2. The molecule has 0 radical (unpaired) electrons. The van der Waals surface area contributed by atoms with Crippen LogP contribution in [0.15, 0.2) is 6.07 Å². The van der Waals surface area contributed by atoms with Gasteiger partial charge in [-0.15, -0.1) is 0 Å². The second kappa shape index (κ2) is 4.09. The van der Waals surface area contributed by atoms with Crippen molar-refractivity contribution in [3.8, 4) is 0 Å². The van der Waals surface area contributed by atoms with E-state index in [1.807, 2.05) is 20.0 Å². The summed E-state index contributed by atoms with van der Waals surface area (Å²) in [4.78, 5) is 24.0. The number of hydrogen-bond acceptors (Lipinski definition) is 3. The number of nitrogens with zero attached hydrogens (tertiary/aromatic N) is 4. The molecule has 96 valence electrons. The van der Waals surface area contributed by atoms with Crippen LogP contribution >= 0.6 is 11.6 Å². The summed E-state index contributed by atoms with van der Waals surface area (Å²) < 4.78 is 0. The van der Waals surface area contributed by atoms with E-state index in [0.717, 1.165) is 12.2 Å². The van der Waals surface area contributed by atoms with Crippen molar-refractivity contribution in [1.29, 1.82) is 0 Å². The lowest BCUT2D eigenvalue weighted by Crippen LogP contribution is -2.36. The van der Waals surface area contributed by atoms with Crippen molar-refractivity contribution < 1.29 is 4.79 Å². The number of rotatable bonds is 2.